The maximum Gasteiger partial charge on any atom is 0.149 e. The van der Waals surface area contributed by atoms with E-state index in [4.69, 9.17) is 5.73 Å². The molecule has 0 fully saturated rings. The van der Waals surface area contributed by atoms with Crippen LogP contribution in [0.25, 0.3) is 11.3 Å². The zero-order valence-corrected chi connectivity index (χ0v) is 11.5. The molecule has 1 aromatic carbocycles. The van der Waals surface area contributed by atoms with E-state index in [0.717, 1.165) is 17.7 Å². The monoisotopic (exact) mass is 327 g/mol. The number of nitrogens with zero attached hydrogens (tertiary/aromatic N) is 1. The van der Waals surface area contributed by atoms with Gasteiger partial charge >= 0.3 is 0 Å². The second kappa shape index (κ2) is 4.45. The highest BCUT2D eigenvalue weighted by Crippen LogP contribution is 2.30. The van der Waals surface area contributed by atoms with Crippen molar-refractivity contribution in [2.75, 3.05) is 5.73 Å². The summed E-state index contributed by atoms with van der Waals surface area (Å²) in [6.07, 6.45) is 0.891. The Morgan fingerprint density at radius 1 is 1.44 bits per heavy atom. The van der Waals surface area contributed by atoms with Crippen LogP contribution in [0.4, 0.5) is 5.82 Å². The number of nitrogens with one attached hydrogen (secondary N) is 1. The Bertz CT molecular complexity index is 517. The standard InChI is InChI=1S/C12H14IN3/c1-3-8-11(15-16-12(8)14)9-6-4-5-7(2)10(9)13/h4-6H,3H2,1-2H3,(H3,14,15,16). The molecule has 1 heterocycles. The lowest BCUT2D eigenvalue weighted by Gasteiger charge is -2.07. The summed E-state index contributed by atoms with van der Waals surface area (Å²) in [5.74, 6) is 0.606. The number of aryl methyl sites for hydroxylation is 1. The second-order valence-corrected chi connectivity index (χ2v) is 4.83. The van der Waals surface area contributed by atoms with Crippen LogP contribution in [-0.4, -0.2) is 10.2 Å². The van der Waals surface area contributed by atoms with E-state index in [2.05, 4.69) is 64.8 Å². The molecule has 0 aliphatic rings. The lowest BCUT2D eigenvalue weighted by molar-refractivity contribution is 1.10. The minimum absolute atomic E-state index is 0.606. The van der Waals surface area contributed by atoms with Crippen LogP contribution >= 0.6 is 22.6 Å². The van der Waals surface area contributed by atoms with Crippen molar-refractivity contribution in [3.05, 3.63) is 32.9 Å². The van der Waals surface area contributed by atoms with Crippen LogP contribution in [0.15, 0.2) is 18.2 Å². The zero-order chi connectivity index (χ0) is 11.7. The summed E-state index contributed by atoms with van der Waals surface area (Å²) >= 11 is 2.36. The molecule has 2 aromatic rings. The van der Waals surface area contributed by atoms with E-state index >= 15 is 0 Å². The van der Waals surface area contributed by atoms with Crippen molar-refractivity contribution in [3.8, 4) is 11.3 Å². The van der Waals surface area contributed by atoms with E-state index in [1.807, 2.05) is 0 Å². The summed E-state index contributed by atoms with van der Waals surface area (Å²) in [6, 6.07) is 6.26. The molecule has 3 N–H and O–H groups in total. The molecule has 0 saturated carbocycles. The molecule has 0 aliphatic carbocycles. The van der Waals surface area contributed by atoms with Gasteiger partial charge in [0.1, 0.15) is 5.82 Å². The maximum absolute atomic E-state index is 5.83. The lowest BCUT2D eigenvalue weighted by atomic mass is 10.0. The average molecular weight is 327 g/mol. The fraction of sp³-hybridized carbons (Fsp3) is 0.250. The van der Waals surface area contributed by atoms with Gasteiger partial charge in [-0.05, 0) is 41.5 Å². The number of rotatable bonds is 2. The fourth-order valence-corrected chi connectivity index (χ4v) is 2.43. The van der Waals surface area contributed by atoms with Crippen LogP contribution in [0.1, 0.15) is 18.1 Å². The molecule has 1 aromatic heterocycles. The topological polar surface area (TPSA) is 54.7 Å². The van der Waals surface area contributed by atoms with E-state index in [9.17, 15) is 0 Å². The first-order valence-electron chi connectivity index (χ1n) is 5.23. The molecule has 0 saturated heterocycles. The van der Waals surface area contributed by atoms with Gasteiger partial charge < -0.3 is 5.73 Å². The molecule has 0 spiro atoms. The van der Waals surface area contributed by atoms with Crippen molar-refractivity contribution in [2.24, 2.45) is 0 Å². The third-order valence-electron chi connectivity index (χ3n) is 2.71. The maximum atomic E-state index is 5.83. The number of benzene rings is 1. The molecule has 0 atom stereocenters. The molecular formula is C12H14IN3. The number of nitrogen functional groups attached to an aromatic ring is 1. The van der Waals surface area contributed by atoms with Crippen molar-refractivity contribution in [3.63, 3.8) is 0 Å². The summed E-state index contributed by atoms with van der Waals surface area (Å²) in [7, 11) is 0. The van der Waals surface area contributed by atoms with E-state index in [1.165, 1.54) is 14.7 Å². The van der Waals surface area contributed by atoms with E-state index in [0.29, 0.717) is 5.82 Å². The first-order chi connectivity index (χ1) is 7.65. The van der Waals surface area contributed by atoms with Crippen molar-refractivity contribution >= 4 is 28.4 Å². The summed E-state index contributed by atoms with van der Waals surface area (Å²) in [5, 5.41) is 7.11. The Hall–Kier alpha value is -1.04. The zero-order valence-electron chi connectivity index (χ0n) is 9.34. The van der Waals surface area contributed by atoms with Gasteiger partial charge in [0.25, 0.3) is 0 Å². The number of hydrogen-bond acceptors (Lipinski definition) is 2. The molecule has 16 heavy (non-hydrogen) atoms. The molecule has 2 rings (SSSR count). The second-order valence-electron chi connectivity index (χ2n) is 3.75. The molecular weight excluding hydrogens is 313 g/mol. The Labute approximate surface area is 109 Å². The Kier molecular flexibility index (Phi) is 3.18. The van der Waals surface area contributed by atoms with E-state index in [1.54, 1.807) is 0 Å². The minimum Gasteiger partial charge on any atom is -0.382 e. The number of aromatic amines is 1. The van der Waals surface area contributed by atoms with Gasteiger partial charge in [-0.1, -0.05) is 25.1 Å². The van der Waals surface area contributed by atoms with Gasteiger partial charge in [-0.25, -0.2) is 0 Å². The largest absolute Gasteiger partial charge is 0.382 e. The predicted octanol–water partition coefficient (Wildman–Crippen LogP) is 3.13. The Balaban J connectivity index is 2.63. The molecule has 4 heteroatoms. The number of H-pyrrole nitrogens is 1. The van der Waals surface area contributed by atoms with E-state index < -0.39 is 0 Å². The summed E-state index contributed by atoms with van der Waals surface area (Å²) in [4.78, 5) is 0. The first kappa shape index (κ1) is 11.4. The summed E-state index contributed by atoms with van der Waals surface area (Å²) in [5.41, 5.74) is 10.4. The lowest BCUT2D eigenvalue weighted by Crippen LogP contribution is -1.93. The van der Waals surface area contributed by atoms with Crippen molar-refractivity contribution < 1.29 is 0 Å². The van der Waals surface area contributed by atoms with Gasteiger partial charge in [0.05, 0.1) is 5.69 Å². The number of hydrogen-bond donors (Lipinski definition) is 2. The molecule has 0 radical (unpaired) electrons. The smallest absolute Gasteiger partial charge is 0.149 e. The normalized spacial score (nSPS) is 10.7. The first-order valence-corrected chi connectivity index (χ1v) is 6.31. The number of nitrogens with two attached hydrogens (primary N) is 1. The highest BCUT2D eigenvalue weighted by molar-refractivity contribution is 14.1. The van der Waals surface area contributed by atoms with Gasteiger partial charge in [-0.2, -0.15) is 5.10 Å². The van der Waals surface area contributed by atoms with Crippen molar-refractivity contribution in [1.29, 1.82) is 0 Å². The third-order valence-corrected chi connectivity index (χ3v) is 4.15. The van der Waals surface area contributed by atoms with Gasteiger partial charge in [-0.15, -0.1) is 0 Å². The fourth-order valence-electron chi connectivity index (χ4n) is 1.80. The summed E-state index contributed by atoms with van der Waals surface area (Å²) < 4.78 is 1.25. The Morgan fingerprint density at radius 2 is 2.19 bits per heavy atom. The SMILES string of the molecule is CCc1c(N)n[nH]c1-c1cccc(C)c1I. The molecule has 3 nitrogen and oxygen atoms in total. The van der Waals surface area contributed by atoms with Gasteiger partial charge in [0, 0.05) is 14.7 Å². The minimum atomic E-state index is 0.606. The quantitative estimate of drug-likeness (QED) is 0.833. The van der Waals surface area contributed by atoms with Crippen LogP contribution < -0.4 is 5.73 Å². The Morgan fingerprint density at radius 3 is 2.88 bits per heavy atom. The van der Waals surface area contributed by atoms with Crippen LogP contribution in [0.3, 0.4) is 0 Å². The van der Waals surface area contributed by atoms with Crippen molar-refractivity contribution in [2.45, 2.75) is 20.3 Å². The molecule has 84 valence electrons. The average Bonchev–Trinajstić information content (AvgIpc) is 2.63. The van der Waals surface area contributed by atoms with Gasteiger partial charge in [0.15, 0.2) is 0 Å². The molecule has 0 bridgehead atoms. The van der Waals surface area contributed by atoms with Crippen LogP contribution in [0.5, 0.6) is 0 Å². The van der Waals surface area contributed by atoms with Crippen molar-refractivity contribution in [1.82, 2.24) is 10.2 Å². The third kappa shape index (κ3) is 1.81. The molecule has 0 amide bonds. The number of halogens is 1. The van der Waals surface area contributed by atoms with Gasteiger partial charge in [0.2, 0.25) is 0 Å². The number of anilines is 1. The number of aromatic nitrogens is 2. The van der Waals surface area contributed by atoms with E-state index in [-0.39, 0.29) is 0 Å². The molecule has 0 unspecified atom stereocenters. The highest BCUT2D eigenvalue weighted by atomic mass is 127. The molecule has 0 aliphatic heterocycles. The van der Waals surface area contributed by atoms with Gasteiger partial charge in [-0.3, -0.25) is 5.10 Å². The van der Waals surface area contributed by atoms with Crippen LogP contribution in [-0.2, 0) is 6.42 Å². The predicted molar refractivity (Wildman–Crippen MR) is 75.3 cm³/mol. The summed E-state index contributed by atoms with van der Waals surface area (Å²) in [6.45, 7) is 4.20. The van der Waals surface area contributed by atoms with Crippen LogP contribution in [0.2, 0.25) is 0 Å². The van der Waals surface area contributed by atoms with Crippen LogP contribution in [0, 0.1) is 10.5 Å². The highest BCUT2D eigenvalue weighted by Gasteiger charge is 2.13.